The highest BCUT2D eigenvalue weighted by Gasteiger charge is 2.38. The minimum Gasteiger partial charge on any atom is -0.428 e. The normalized spacial score (nSPS) is 24.2. The van der Waals surface area contributed by atoms with Crippen LogP contribution < -0.4 is 4.43 Å². The highest BCUT2D eigenvalue weighted by atomic mass is 79.9. The monoisotopic (exact) mass is 351 g/mol. The molecule has 1 aliphatic rings. The summed E-state index contributed by atoms with van der Waals surface area (Å²) in [5.41, 5.74) is 2.39. The van der Waals surface area contributed by atoms with E-state index in [1.165, 1.54) is 0 Å². The van der Waals surface area contributed by atoms with Crippen molar-refractivity contribution in [3.8, 4) is 0 Å². The van der Waals surface area contributed by atoms with Crippen molar-refractivity contribution in [3.05, 3.63) is 27.7 Å². The molecule has 0 spiro atoms. The van der Waals surface area contributed by atoms with Crippen LogP contribution in [0, 0.1) is 18.8 Å². The maximum absolute atomic E-state index is 12.1. The van der Waals surface area contributed by atoms with Crippen molar-refractivity contribution in [2.24, 2.45) is 0 Å². The molecule has 0 amide bonds. The van der Waals surface area contributed by atoms with Gasteiger partial charge in [-0.05, 0) is 19.8 Å². The number of hydrogen-bond donors (Lipinski definition) is 1. The molecule has 4 nitrogen and oxygen atoms in total. The van der Waals surface area contributed by atoms with E-state index in [1.807, 2.05) is 0 Å². The lowest BCUT2D eigenvalue weighted by molar-refractivity contribution is -0.516. The second-order valence-electron chi connectivity index (χ2n) is 4.06. The fourth-order valence-electron chi connectivity index (χ4n) is 2.02. The Labute approximate surface area is 110 Å². The third-order valence-electron chi connectivity index (χ3n) is 3.12. The van der Waals surface area contributed by atoms with Gasteiger partial charge in [0.25, 0.3) is 11.4 Å². The van der Waals surface area contributed by atoms with Crippen LogP contribution in [0.2, 0.25) is 0 Å². The minimum absolute atomic E-state index is 0.00602. The van der Waals surface area contributed by atoms with Gasteiger partial charge in [-0.25, -0.2) is 0 Å². The van der Waals surface area contributed by atoms with E-state index < -0.39 is 0 Å². The first-order valence-electron chi connectivity index (χ1n) is 5.11. The zero-order valence-electron chi connectivity index (χ0n) is 9.07. The number of hydrogen-bond acceptors (Lipinski definition) is 2. The molecule has 1 aromatic rings. The summed E-state index contributed by atoms with van der Waals surface area (Å²) in [6, 6.07) is 0. The Kier molecular flexibility index (Phi) is 3.13. The predicted octanol–water partition coefficient (Wildman–Crippen LogP) is 2.92. The standard InChI is InChI=1S/C10H13Br2N2O2/c1-5-6(2)14(16)10-8(12)4-3-7(11)9(10)13(5)15/h7-8,15H,3-4H2,1-2H3/q+1/t7-,8-/m1/s1. The molecular weight excluding hydrogens is 340 g/mol. The van der Waals surface area contributed by atoms with Crippen molar-refractivity contribution < 1.29 is 9.63 Å². The molecule has 0 fully saturated rings. The quantitative estimate of drug-likeness (QED) is 0.443. The Bertz CT molecular complexity index is 499. The Morgan fingerprint density at radius 2 is 1.88 bits per heavy atom. The van der Waals surface area contributed by atoms with Crippen LogP contribution in [0.1, 0.15) is 45.3 Å². The second kappa shape index (κ2) is 4.14. The van der Waals surface area contributed by atoms with Gasteiger partial charge in [0.05, 0.1) is 9.25 Å². The minimum atomic E-state index is 0.00602. The fraction of sp³-hybridized carbons (Fsp3) is 0.600. The van der Waals surface area contributed by atoms with E-state index in [-0.39, 0.29) is 9.65 Å². The van der Waals surface area contributed by atoms with E-state index in [9.17, 15) is 10.1 Å². The maximum Gasteiger partial charge on any atom is 0.277 e. The third-order valence-corrected chi connectivity index (χ3v) is 4.91. The molecule has 0 saturated heterocycles. The number of fused-ring (bicyclic) bond motifs is 1. The number of alkyl halides is 2. The maximum atomic E-state index is 12.1. The number of aromatic nitrogens is 2. The molecule has 1 aliphatic carbocycles. The van der Waals surface area contributed by atoms with Gasteiger partial charge in [0.15, 0.2) is 0 Å². The summed E-state index contributed by atoms with van der Waals surface area (Å²) in [5.74, 6) is 0. The largest absolute Gasteiger partial charge is 0.428 e. The van der Waals surface area contributed by atoms with E-state index in [0.29, 0.717) is 22.8 Å². The zero-order valence-corrected chi connectivity index (χ0v) is 12.2. The molecule has 6 heteroatoms. The van der Waals surface area contributed by atoms with Crippen LogP contribution in [0.5, 0.6) is 0 Å². The van der Waals surface area contributed by atoms with Gasteiger partial charge in [-0.15, -0.1) is 0 Å². The Morgan fingerprint density at radius 1 is 1.31 bits per heavy atom. The van der Waals surface area contributed by atoms with Crippen LogP contribution in [0.25, 0.3) is 0 Å². The summed E-state index contributed by atoms with van der Waals surface area (Å²) >= 11 is 7.00. The Hall–Kier alpha value is -0.360. The Morgan fingerprint density at radius 3 is 2.50 bits per heavy atom. The van der Waals surface area contributed by atoms with Crippen LogP contribution in [0.15, 0.2) is 0 Å². The van der Waals surface area contributed by atoms with Gasteiger partial charge >= 0.3 is 0 Å². The number of nitrogens with zero attached hydrogens (tertiary/aromatic N) is 2. The van der Waals surface area contributed by atoms with Gasteiger partial charge in [-0.3, -0.25) is 0 Å². The molecule has 1 N–H and O–H groups in total. The molecule has 2 rings (SSSR count). The zero-order chi connectivity index (χ0) is 12.0. The first-order valence-corrected chi connectivity index (χ1v) is 6.94. The Balaban J connectivity index is 2.84. The van der Waals surface area contributed by atoms with Gasteiger partial charge in [0.2, 0.25) is 0 Å². The topological polar surface area (TPSA) is 48.1 Å². The first kappa shape index (κ1) is 12.1. The van der Waals surface area contributed by atoms with E-state index in [0.717, 1.165) is 22.0 Å². The molecule has 1 heterocycles. The summed E-state index contributed by atoms with van der Waals surface area (Å²) in [6.45, 7) is 3.45. The summed E-state index contributed by atoms with van der Waals surface area (Å²) in [6.07, 6.45) is 1.78. The molecule has 1 aromatic heterocycles. The van der Waals surface area contributed by atoms with Crippen molar-refractivity contribution in [2.45, 2.75) is 36.3 Å². The van der Waals surface area contributed by atoms with Crippen molar-refractivity contribution in [1.82, 2.24) is 4.73 Å². The molecule has 0 radical (unpaired) electrons. The fourth-order valence-corrected chi connectivity index (χ4v) is 3.40. The first-order chi connectivity index (χ1) is 7.45. The van der Waals surface area contributed by atoms with E-state index in [4.69, 9.17) is 0 Å². The van der Waals surface area contributed by atoms with Crippen LogP contribution in [0.3, 0.4) is 0 Å². The molecule has 0 saturated carbocycles. The van der Waals surface area contributed by atoms with Gasteiger partial charge in [-0.1, -0.05) is 31.9 Å². The van der Waals surface area contributed by atoms with Gasteiger partial charge in [0.1, 0.15) is 16.2 Å². The molecule has 88 valence electrons. The van der Waals surface area contributed by atoms with Gasteiger partial charge in [-0.2, -0.15) is 4.73 Å². The third kappa shape index (κ3) is 1.62. The molecule has 0 aromatic carbocycles. The van der Waals surface area contributed by atoms with Crippen molar-refractivity contribution in [1.29, 1.82) is 0 Å². The van der Waals surface area contributed by atoms with Gasteiger partial charge in [0, 0.05) is 11.8 Å². The predicted molar refractivity (Wildman–Crippen MR) is 67.0 cm³/mol. The summed E-state index contributed by atoms with van der Waals surface area (Å²) in [5, 5.41) is 10.1. The van der Waals surface area contributed by atoms with E-state index >= 15 is 0 Å². The average Bonchev–Trinajstić information content (AvgIpc) is 2.26. The lowest BCUT2D eigenvalue weighted by Crippen LogP contribution is -2.35. The molecule has 0 aliphatic heterocycles. The highest BCUT2D eigenvalue weighted by Crippen LogP contribution is 2.42. The smallest absolute Gasteiger partial charge is 0.277 e. The average molecular weight is 353 g/mol. The summed E-state index contributed by atoms with van der Waals surface area (Å²) < 4.78 is 2.05. The van der Waals surface area contributed by atoms with Crippen LogP contribution in [-0.4, -0.2) is 9.94 Å². The van der Waals surface area contributed by atoms with Crippen molar-refractivity contribution >= 4 is 31.9 Å². The van der Waals surface area contributed by atoms with Crippen LogP contribution in [-0.2, 0) is 0 Å². The molecule has 16 heavy (non-hydrogen) atoms. The molecule has 0 bridgehead atoms. The lowest BCUT2D eigenvalue weighted by atomic mass is 9.99. The molecule has 2 atom stereocenters. The van der Waals surface area contributed by atoms with Crippen LogP contribution in [0.4, 0.5) is 0 Å². The molecular formula is C10H13Br2N2O2+. The van der Waals surface area contributed by atoms with Gasteiger partial charge < -0.3 is 5.21 Å². The SMILES string of the molecule is Cc1c(C)[n+](=O)c2c(n1O)[C@H](Br)CC[C@H]2Br. The van der Waals surface area contributed by atoms with E-state index in [2.05, 4.69) is 31.9 Å². The number of halogens is 2. The lowest BCUT2D eigenvalue weighted by Gasteiger charge is -2.22. The number of rotatable bonds is 0. The van der Waals surface area contributed by atoms with E-state index in [1.54, 1.807) is 13.8 Å². The highest BCUT2D eigenvalue weighted by molar-refractivity contribution is 9.09. The van der Waals surface area contributed by atoms with Crippen LogP contribution >= 0.6 is 31.9 Å². The molecule has 0 unspecified atom stereocenters. The van der Waals surface area contributed by atoms with Crippen molar-refractivity contribution in [3.63, 3.8) is 0 Å². The second-order valence-corrected chi connectivity index (χ2v) is 6.27. The summed E-state index contributed by atoms with van der Waals surface area (Å²) in [7, 11) is 0. The summed E-state index contributed by atoms with van der Waals surface area (Å²) in [4.78, 5) is 12.1. The van der Waals surface area contributed by atoms with Crippen molar-refractivity contribution in [2.75, 3.05) is 0 Å².